The van der Waals surface area contributed by atoms with Gasteiger partial charge in [-0.2, -0.15) is 4.31 Å². The maximum atomic E-state index is 14.4. The summed E-state index contributed by atoms with van der Waals surface area (Å²) in [4.78, 5) is 36.1. The Morgan fingerprint density at radius 2 is 1.70 bits per heavy atom. The van der Waals surface area contributed by atoms with Crippen molar-refractivity contribution >= 4 is 39.1 Å². The van der Waals surface area contributed by atoms with Crippen LogP contribution in [0, 0.1) is 11.3 Å². The number of pyridine rings is 1. The molecule has 282 valence electrons. The van der Waals surface area contributed by atoms with E-state index >= 15 is 0 Å². The third-order valence-corrected chi connectivity index (χ3v) is 11.2. The second-order valence-corrected chi connectivity index (χ2v) is 17.0. The van der Waals surface area contributed by atoms with Gasteiger partial charge in [-0.3, -0.25) is 9.78 Å². The molecule has 0 saturated carbocycles. The van der Waals surface area contributed by atoms with Gasteiger partial charge in [0.05, 0.1) is 28.8 Å². The van der Waals surface area contributed by atoms with Crippen LogP contribution in [-0.4, -0.2) is 100 Å². The lowest BCUT2D eigenvalue weighted by Crippen LogP contribution is -2.59. The first-order valence-corrected chi connectivity index (χ1v) is 19.3. The third kappa shape index (κ3) is 9.78. The summed E-state index contributed by atoms with van der Waals surface area (Å²) in [7, 11) is -4.07. The number of aliphatic hydroxyl groups is 1. The van der Waals surface area contributed by atoms with Gasteiger partial charge in [0.2, 0.25) is 15.9 Å². The molecule has 3 atom stereocenters. The van der Waals surface area contributed by atoms with Crippen LogP contribution >= 0.6 is 0 Å². The van der Waals surface area contributed by atoms with Crippen molar-refractivity contribution in [2.24, 2.45) is 16.5 Å². The van der Waals surface area contributed by atoms with Gasteiger partial charge in [0.15, 0.2) is 0 Å². The van der Waals surface area contributed by atoms with Gasteiger partial charge in [-0.25, -0.2) is 13.2 Å². The Morgan fingerprint density at radius 1 is 0.981 bits per heavy atom. The van der Waals surface area contributed by atoms with E-state index < -0.39 is 39.5 Å². The molecule has 3 amide bonds. The first kappa shape index (κ1) is 39.4. The fourth-order valence-electron chi connectivity index (χ4n) is 6.80. The van der Waals surface area contributed by atoms with Gasteiger partial charge < -0.3 is 25.4 Å². The number of aromatic nitrogens is 1. The van der Waals surface area contributed by atoms with Crippen molar-refractivity contribution in [2.75, 3.05) is 26.2 Å². The molecule has 3 aromatic carbocycles. The monoisotopic (exact) mass is 742 g/mol. The highest BCUT2D eigenvalue weighted by molar-refractivity contribution is 7.89. The molecule has 1 fully saturated rings. The Hall–Kier alpha value is -4.85. The van der Waals surface area contributed by atoms with E-state index in [1.54, 1.807) is 16.0 Å². The average Bonchev–Trinajstić information content (AvgIpc) is 3.45. The lowest BCUT2D eigenvalue weighted by Gasteiger charge is -2.38. The molecular formula is C40H50N6O6S. The molecule has 0 radical (unpaired) electrons. The summed E-state index contributed by atoms with van der Waals surface area (Å²) < 4.78 is 29.1. The number of carbonyl (C=O) groups excluding carboxylic acids is 2. The van der Waals surface area contributed by atoms with E-state index in [1.807, 2.05) is 95.3 Å². The minimum Gasteiger partial charge on any atom is -0.411 e. The number of nitrogens with one attached hydrogen (secondary N) is 1. The highest BCUT2D eigenvalue weighted by Crippen LogP contribution is 2.29. The number of hydrogen-bond donors (Lipinski definition) is 3. The van der Waals surface area contributed by atoms with Crippen LogP contribution in [0.5, 0.6) is 0 Å². The Kier molecular flexibility index (Phi) is 12.5. The van der Waals surface area contributed by atoms with Crippen LogP contribution in [0.4, 0.5) is 4.79 Å². The smallest absolute Gasteiger partial charge is 0.321 e. The van der Waals surface area contributed by atoms with Crippen LogP contribution < -0.4 is 5.32 Å². The SMILES string of the molecule is CC(C)CN(C[C@H](O)[C@H](Cc1ccccc1)NC(=O)[C@@H](N1CCN(Cc2ccc3ncccc3c2)C1=O)C(C)(C)C)S(=O)(=O)c1ccc(C=NO)cc1. The number of oxime groups is 1. The zero-order valence-corrected chi connectivity index (χ0v) is 31.8. The summed E-state index contributed by atoms with van der Waals surface area (Å²) in [5, 5.41) is 27.8. The summed E-state index contributed by atoms with van der Waals surface area (Å²) in [6, 6.07) is 23.0. The predicted octanol–water partition coefficient (Wildman–Crippen LogP) is 5.13. The van der Waals surface area contributed by atoms with E-state index in [1.165, 1.54) is 34.8 Å². The van der Waals surface area contributed by atoms with Gasteiger partial charge in [0, 0.05) is 44.3 Å². The number of fused-ring (bicyclic) bond motifs is 1. The summed E-state index contributed by atoms with van der Waals surface area (Å²) in [5.41, 5.74) is 2.52. The molecule has 1 aromatic heterocycles. The quantitative estimate of drug-likeness (QED) is 0.0867. The summed E-state index contributed by atoms with van der Waals surface area (Å²) in [5.74, 6) is -0.496. The minimum atomic E-state index is -4.07. The molecule has 1 aliphatic heterocycles. The maximum absolute atomic E-state index is 14.4. The van der Waals surface area contributed by atoms with Crippen LogP contribution in [0.25, 0.3) is 10.9 Å². The van der Waals surface area contributed by atoms with E-state index in [-0.39, 0.29) is 36.4 Å². The molecule has 0 spiro atoms. The molecule has 0 bridgehead atoms. The summed E-state index contributed by atoms with van der Waals surface area (Å²) >= 11 is 0. The van der Waals surface area contributed by atoms with Gasteiger partial charge >= 0.3 is 6.03 Å². The largest absolute Gasteiger partial charge is 0.411 e. The summed E-state index contributed by atoms with van der Waals surface area (Å²) in [6.07, 6.45) is 1.87. The highest BCUT2D eigenvalue weighted by Gasteiger charge is 2.44. The van der Waals surface area contributed by atoms with Crippen LogP contribution in [0.3, 0.4) is 0 Å². The van der Waals surface area contributed by atoms with E-state index in [4.69, 9.17) is 5.21 Å². The van der Waals surface area contributed by atoms with E-state index in [2.05, 4.69) is 15.5 Å². The first-order chi connectivity index (χ1) is 25.2. The third-order valence-electron chi connectivity index (χ3n) is 9.32. The average molecular weight is 743 g/mol. The molecule has 2 heterocycles. The molecule has 13 heteroatoms. The minimum absolute atomic E-state index is 0.0225. The summed E-state index contributed by atoms with van der Waals surface area (Å²) in [6.45, 7) is 10.5. The zero-order chi connectivity index (χ0) is 38.3. The molecule has 1 aliphatic rings. The van der Waals surface area contributed by atoms with Gasteiger partial charge in [-0.15, -0.1) is 0 Å². The maximum Gasteiger partial charge on any atom is 0.321 e. The molecule has 3 N–H and O–H groups in total. The Bertz CT molecular complexity index is 2000. The fourth-order valence-corrected chi connectivity index (χ4v) is 8.42. The van der Waals surface area contributed by atoms with Crippen molar-refractivity contribution in [1.29, 1.82) is 0 Å². The van der Waals surface area contributed by atoms with Crippen molar-refractivity contribution in [3.05, 3.63) is 108 Å². The number of benzene rings is 3. The molecule has 53 heavy (non-hydrogen) atoms. The Morgan fingerprint density at radius 3 is 2.36 bits per heavy atom. The molecular weight excluding hydrogens is 693 g/mol. The van der Waals surface area contributed by atoms with Crippen molar-refractivity contribution in [2.45, 2.75) is 70.7 Å². The lowest BCUT2D eigenvalue weighted by molar-refractivity contribution is -0.130. The van der Waals surface area contributed by atoms with Gasteiger partial charge in [0.1, 0.15) is 6.04 Å². The topological polar surface area (TPSA) is 156 Å². The molecule has 0 aliphatic carbocycles. The van der Waals surface area contributed by atoms with Crippen molar-refractivity contribution < 1.29 is 28.3 Å². The van der Waals surface area contributed by atoms with Gasteiger partial charge in [-0.1, -0.05) is 94.4 Å². The van der Waals surface area contributed by atoms with Crippen molar-refractivity contribution in [1.82, 2.24) is 24.4 Å². The van der Waals surface area contributed by atoms with Gasteiger partial charge in [-0.05, 0) is 64.8 Å². The number of urea groups is 1. The van der Waals surface area contributed by atoms with Crippen molar-refractivity contribution in [3.63, 3.8) is 0 Å². The Labute approximate surface area is 312 Å². The standard InChI is InChI=1S/C40H50N6O6S/c1-28(2)25-45(53(51,52)33-16-13-30(14-17-33)24-42-50)27-36(47)35(23-29-10-7-6-8-11-29)43-38(48)37(40(3,4)5)46-21-20-44(39(46)49)26-31-15-18-34-32(22-31)12-9-19-41-34/h6-19,22,24,28,35-37,47,50H,20-21,23,25-27H2,1-5H3,(H,43,48)/t35-,36-,37+/m0/s1. The van der Waals surface area contributed by atoms with Crippen LogP contribution in [0.1, 0.15) is 51.3 Å². The zero-order valence-electron chi connectivity index (χ0n) is 31.0. The van der Waals surface area contributed by atoms with Crippen LogP contribution in [0.15, 0.2) is 101 Å². The van der Waals surface area contributed by atoms with Crippen LogP contribution in [0.2, 0.25) is 0 Å². The number of carbonyl (C=O) groups is 2. The fraction of sp³-hybridized carbons (Fsp3) is 0.400. The van der Waals surface area contributed by atoms with Gasteiger partial charge in [0.25, 0.3) is 0 Å². The second kappa shape index (κ2) is 16.9. The normalized spacial score (nSPS) is 15.8. The van der Waals surface area contributed by atoms with E-state index in [0.29, 0.717) is 25.2 Å². The molecule has 12 nitrogen and oxygen atoms in total. The molecule has 5 rings (SSSR count). The van der Waals surface area contributed by atoms with Crippen molar-refractivity contribution in [3.8, 4) is 0 Å². The number of aliphatic hydroxyl groups excluding tert-OH is 1. The number of amides is 3. The lowest BCUT2D eigenvalue weighted by atomic mass is 9.84. The Balaban J connectivity index is 1.38. The van der Waals surface area contributed by atoms with Crippen LogP contribution in [-0.2, 0) is 27.8 Å². The predicted molar refractivity (Wildman–Crippen MR) is 205 cm³/mol. The van der Waals surface area contributed by atoms with E-state index in [0.717, 1.165) is 22.0 Å². The number of rotatable bonds is 15. The molecule has 4 aromatic rings. The first-order valence-electron chi connectivity index (χ1n) is 17.9. The second-order valence-electron chi connectivity index (χ2n) is 15.1. The number of hydrogen-bond acceptors (Lipinski definition) is 8. The molecule has 1 saturated heterocycles. The molecule has 0 unspecified atom stereocenters. The number of sulfonamides is 1. The number of nitrogens with zero attached hydrogens (tertiary/aromatic N) is 5. The van der Waals surface area contributed by atoms with E-state index in [9.17, 15) is 23.1 Å². The highest BCUT2D eigenvalue weighted by atomic mass is 32.2.